The van der Waals surface area contributed by atoms with Gasteiger partial charge >= 0.3 is 0 Å². The van der Waals surface area contributed by atoms with Gasteiger partial charge in [-0.1, -0.05) is 6.07 Å². The molecule has 1 saturated heterocycles. The summed E-state index contributed by atoms with van der Waals surface area (Å²) in [6, 6.07) is 9.01. The number of aromatic nitrogens is 1. The van der Waals surface area contributed by atoms with Crippen molar-refractivity contribution in [3.8, 4) is 5.88 Å². The van der Waals surface area contributed by atoms with Gasteiger partial charge in [-0.3, -0.25) is 14.8 Å². The van der Waals surface area contributed by atoms with Crippen molar-refractivity contribution in [2.24, 2.45) is 5.41 Å². The van der Waals surface area contributed by atoms with Crippen molar-refractivity contribution in [3.05, 3.63) is 53.2 Å². The fourth-order valence-corrected chi connectivity index (χ4v) is 4.18. The van der Waals surface area contributed by atoms with Gasteiger partial charge < -0.3 is 9.64 Å². The van der Waals surface area contributed by atoms with E-state index < -0.39 is 11.3 Å². The highest BCUT2D eigenvalue weighted by Gasteiger charge is 2.48. The Hall–Kier alpha value is -2.93. The number of carbonyl (C=O) groups is 2. The lowest BCUT2D eigenvalue weighted by atomic mass is 9.70. The summed E-state index contributed by atoms with van der Waals surface area (Å²) in [4.78, 5) is 30.9. The summed E-state index contributed by atoms with van der Waals surface area (Å²) >= 11 is 0. The average Bonchev–Trinajstić information content (AvgIpc) is 3.02. The molecule has 7 nitrogen and oxygen atoms in total. The number of carbonyl (C=O) groups excluding carboxylic acids is 2. The zero-order chi connectivity index (χ0) is 19.0. The van der Waals surface area contributed by atoms with Crippen LogP contribution in [-0.4, -0.2) is 35.7 Å². The number of hydrogen-bond acceptors (Lipinski definition) is 5. The van der Waals surface area contributed by atoms with E-state index in [-0.39, 0.29) is 5.91 Å². The van der Waals surface area contributed by atoms with Crippen molar-refractivity contribution in [3.63, 3.8) is 0 Å². The van der Waals surface area contributed by atoms with E-state index in [4.69, 9.17) is 9.94 Å². The van der Waals surface area contributed by atoms with Crippen molar-refractivity contribution in [1.29, 1.82) is 0 Å². The van der Waals surface area contributed by atoms with Gasteiger partial charge in [-0.05, 0) is 55.0 Å². The topological polar surface area (TPSA) is 91.8 Å². The summed E-state index contributed by atoms with van der Waals surface area (Å²) < 4.78 is 5.08. The number of nitrogens with one attached hydrogen (secondary N) is 1. The summed E-state index contributed by atoms with van der Waals surface area (Å²) in [5, 5.41) is 8.80. The molecule has 4 rings (SSSR count). The van der Waals surface area contributed by atoms with Crippen LogP contribution in [0.4, 0.5) is 5.69 Å². The van der Waals surface area contributed by atoms with Gasteiger partial charge in [0, 0.05) is 18.2 Å². The minimum atomic E-state index is -0.520. The lowest BCUT2D eigenvalue weighted by Crippen LogP contribution is -2.38. The van der Waals surface area contributed by atoms with E-state index in [1.54, 1.807) is 37.0 Å². The van der Waals surface area contributed by atoms with Crippen LogP contribution in [0.15, 0.2) is 36.5 Å². The van der Waals surface area contributed by atoms with E-state index in [9.17, 15) is 9.59 Å². The molecule has 1 atom stereocenters. The van der Waals surface area contributed by atoms with Crippen molar-refractivity contribution >= 4 is 17.5 Å². The molecule has 1 spiro atoms. The Balaban J connectivity index is 1.57. The minimum absolute atomic E-state index is 0.136. The molecule has 0 unspecified atom stereocenters. The highest BCUT2D eigenvalue weighted by molar-refractivity contribution is 6.00. The Morgan fingerprint density at radius 3 is 2.81 bits per heavy atom. The maximum Gasteiger partial charge on any atom is 0.274 e. The standard InChI is InChI=1S/C20H21N3O4/c1-27-17-5-4-16(12-21-17)23-9-8-20(19(23)25)7-6-13-10-14(18(24)22-26)2-3-15(13)11-20/h2-5,10,12,26H,6-9,11H2,1H3,(H,22,24)/t20-/m0/s1. The number of amides is 2. The van der Waals surface area contributed by atoms with Crippen LogP contribution in [0.3, 0.4) is 0 Å². The second-order valence-corrected chi connectivity index (χ2v) is 7.15. The third-order valence-electron chi connectivity index (χ3n) is 5.73. The van der Waals surface area contributed by atoms with Gasteiger partial charge in [0.1, 0.15) is 0 Å². The lowest BCUT2D eigenvalue weighted by Gasteiger charge is -2.33. The molecule has 7 heteroatoms. The molecule has 1 aliphatic heterocycles. The van der Waals surface area contributed by atoms with Crippen molar-refractivity contribution < 1.29 is 19.5 Å². The summed E-state index contributed by atoms with van der Waals surface area (Å²) in [6.07, 6.45) is 4.64. The Kier molecular flexibility index (Phi) is 4.31. The van der Waals surface area contributed by atoms with Gasteiger partial charge in [0.15, 0.2) is 0 Å². The predicted octanol–water partition coefficient (Wildman–Crippen LogP) is 2.12. The first-order valence-corrected chi connectivity index (χ1v) is 8.94. The number of hydrogen-bond donors (Lipinski definition) is 2. The van der Waals surface area contributed by atoms with Crippen LogP contribution >= 0.6 is 0 Å². The molecule has 1 aliphatic carbocycles. The SMILES string of the molecule is COc1ccc(N2CC[C@]3(CCc4cc(C(=O)NO)ccc4C3)C2=O)cn1. The monoisotopic (exact) mass is 367 g/mol. The van der Waals surface area contributed by atoms with Gasteiger partial charge in [0.2, 0.25) is 11.8 Å². The number of methoxy groups -OCH3 is 1. The summed E-state index contributed by atoms with van der Waals surface area (Å²) in [6.45, 7) is 0.674. The smallest absolute Gasteiger partial charge is 0.274 e. The van der Waals surface area contributed by atoms with E-state index in [1.807, 2.05) is 17.0 Å². The quantitative estimate of drug-likeness (QED) is 0.640. The number of hydroxylamine groups is 1. The molecule has 0 bridgehead atoms. The first-order chi connectivity index (χ1) is 13.1. The van der Waals surface area contributed by atoms with E-state index in [2.05, 4.69) is 4.98 Å². The zero-order valence-electron chi connectivity index (χ0n) is 15.1. The second kappa shape index (κ2) is 6.66. The largest absolute Gasteiger partial charge is 0.481 e. The number of nitrogens with zero attached hydrogens (tertiary/aromatic N) is 2. The number of fused-ring (bicyclic) bond motifs is 1. The number of ether oxygens (including phenoxy) is 1. The molecule has 1 aromatic heterocycles. The fraction of sp³-hybridized carbons (Fsp3) is 0.350. The summed E-state index contributed by atoms with van der Waals surface area (Å²) in [5.41, 5.74) is 4.65. The molecule has 140 valence electrons. The van der Waals surface area contributed by atoms with Crippen molar-refractivity contribution in [2.75, 3.05) is 18.6 Å². The van der Waals surface area contributed by atoms with Gasteiger partial charge in [0.05, 0.1) is 24.4 Å². The fourth-order valence-electron chi connectivity index (χ4n) is 4.18. The minimum Gasteiger partial charge on any atom is -0.481 e. The second-order valence-electron chi connectivity index (χ2n) is 7.15. The molecule has 27 heavy (non-hydrogen) atoms. The maximum atomic E-state index is 13.2. The Bertz CT molecular complexity index is 897. The van der Waals surface area contributed by atoms with E-state index in [1.165, 1.54) is 0 Å². The molecule has 2 N–H and O–H groups in total. The zero-order valence-corrected chi connectivity index (χ0v) is 15.1. The third-order valence-corrected chi connectivity index (χ3v) is 5.73. The lowest BCUT2D eigenvalue weighted by molar-refractivity contribution is -0.126. The molecule has 1 fully saturated rings. The van der Waals surface area contributed by atoms with Gasteiger partial charge in [0.25, 0.3) is 5.91 Å². The number of rotatable bonds is 3. The van der Waals surface area contributed by atoms with Crippen molar-refractivity contribution in [2.45, 2.75) is 25.7 Å². The number of anilines is 1. The van der Waals surface area contributed by atoms with Gasteiger partial charge in [-0.25, -0.2) is 10.5 Å². The molecule has 0 saturated carbocycles. The Morgan fingerprint density at radius 2 is 2.11 bits per heavy atom. The van der Waals surface area contributed by atoms with Gasteiger partial charge in [-0.2, -0.15) is 0 Å². The molecular weight excluding hydrogens is 346 g/mol. The van der Waals surface area contributed by atoms with Crippen LogP contribution in [0.25, 0.3) is 0 Å². The highest BCUT2D eigenvalue weighted by Crippen LogP contribution is 2.45. The number of aryl methyl sites for hydroxylation is 1. The van der Waals surface area contributed by atoms with Crippen LogP contribution in [-0.2, 0) is 17.6 Å². The van der Waals surface area contributed by atoms with Gasteiger partial charge in [-0.15, -0.1) is 0 Å². The molecule has 2 amide bonds. The van der Waals surface area contributed by atoms with Crippen LogP contribution in [0.5, 0.6) is 5.88 Å². The normalized spacial score (nSPS) is 21.3. The van der Waals surface area contributed by atoms with Crippen LogP contribution in [0.1, 0.15) is 34.3 Å². The molecule has 0 radical (unpaired) electrons. The first kappa shape index (κ1) is 17.5. The third kappa shape index (κ3) is 2.94. The molecular formula is C20H21N3O4. The molecule has 2 aromatic rings. The highest BCUT2D eigenvalue weighted by atomic mass is 16.5. The van der Waals surface area contributed by atoms with E-state index in [0.717, 1.165) is 36.1 Å². The van der Waals surface area contributed by atoms with E-state index >= 15 is 0 Å². The summed E-state index contributed by atoms with van der Waals surface area (Å²) in [5.74, 6) is 0.139. The average molecular weight is 367 g/mol. The first-order valence-electron chi connectivity index (χ1n) is 8.94. The maximum absolute atomic E-state index is 13.2. The predicted molar refractivity (Wildman–Crippen MR) is 97.9 cm³/mol. The number of pyridine rings is 1. The van der Waals surface area contributed by atoms with E-state index in [0.29, 0.717) is 24.4 Å². The van der Waals surface area contributed by atoms with Crippen LogP contribution in [0.2, 0.25) is 0 Å². The summed E-state index contributed by atoms with van der Waals surface area (Å²) in [7, 11) is 1.56. The van der Waals surface area contributed by atoms with Crippen molar-refractivity contribution in [1.82, 2.24) is 10.5 Å². The Morgan fingerprint density at radius 1 is 1.26 bits per heavy atom. The molecule has 2 aliphatic rings. The number of benzene rings is 1. The van der Waals surface area contributed by atoms with Crippen LogP contribution in [0, 0.1) is 5.41 Å². The van der Waals surface area contributed by atoms with Crippen LogP contribution < -0.4 is 15.1 Å². The molecule has 2 heterocycles. The Labute approximate surface area is 156 Å². The molecule has 1 aromatic carbocycles.